The average molecular weight is 238 g/mol. The molecule has 2 unspecified atom stereocenters. The third-order valence-electron chi connectivity index (χ3n) is 4.80. The third kappa shape index (κ3) is 3.45. The molecule has 1 saturated heterocycles. The fourth-order valence-corrected chi connectivity index (χ4v) is 3.58. The van der Waals surface area contributed by atoms with Crippen molar-refractivity contribution in [1.29, 1.82) is 0 Å². The standard InChI is InChI=1S/C15H30N2/c1-3-13-12-17(14(4-2)11-16-13)15-9-7-5-6-8-10-15/h13-16H,3-12H2,1-2H3. The highest BCUT2D eigenvalue weighted by molar-refractivity contribution is 4.89. The van der Waals surface area contributed by atoms with Crippen LogP contribution in [0.4, 0.5) is 0 Å². The molecule has 2 atom stereocenters. The SMILES string of the molecule is CCC1CN(C2CCCCCC2)C(CC)CN1. The van der Waals surface area contributed by atoms with Gasteiger partial charge in [0.05, 0.1) is 0 Å². The predicted octanol–water partition coefficient (Wildman–Crippen LogP) is 3.17. The van der Waals surface area contributed by atoms with E-state index in [0.29, 0.717) is 0 Å². The van der Waals surface area contributed by atoms with E-state index in [1.165, 1.54) is 64.5 Å². The van der Waals surface area contributed by atoms with Crippen molar-refractivity contribution in [2.75, 3.05) is 13.1 Å². The number of hydrogen-bond acceptors (Lipinski definition) is 2. The summed E-state index contributed by atoms with van der Waals surface area (Å²) in [5.41, 5.74) is 0. The lowest BCUT2D eigenvalue weighted by Gasteiger charge is -2.44. The largest absolute Gasteiger partial charge is 0.311 e. The molecule has 1 N–H and O–H groups in total. The van der Waals surface area contributed by atoms with Gasteiger partial charge in [-0.3, -0.25) is 4.90 Å². The first kappa shape index (κ1) is 13.4. The second-order valence-corrected chi connectivity index (χ2v) is 5.92. The number of nitrogens with one attached hydrogen (secondary N) is 1. The van der Waals surface area contributed by atoms with Crippen LogP contribution < -0.4 is 5.32 Å². The first-order valence-corrected chi connectivity index (χ1v) is 7.84. The van der Waals surface area contributed by atoms with E-state index < -0.39 is 0 Å². The summed E-state index contributed by atoms with van der Waals surface area (Å²) >= 11 is 0. The molecule has 2 nitrogen and oxygen atoms in total. The molecule has 0 aromatic heterocycles. The molecule has 0 radical (unpaired) electrons. The molecule has 17 heavy (non-hydrogen) atoms. The van der Waals surface area contributed by atoms with Gasteiger partial charge in [-0.15, -0.1) is 0 Å². The van der Waals surface area contributed by atoms with Crippen molar-refractivity contribution in [2.45, 2.75) is 83.3 Å². The molecule has 2 fully saturated rings. The number of piperazine rings is 1. The third-order valence-corrected chi connectivity index (χ3v) is 4.80. The van der Waals surface area contributed by atoms with Gasteiger partial charge in [0.1, 0.15) is 0 Å². The molecule has 2 rings (SSSR count). The maximum absolute atomic E-state index is 3.71. The van der Waals surface area contributed by atoms with Crippen LogP contribution in [0.2, 0.25) is 0 Å². The first-order valence-electron chi connectivity index (χ1n) is 7.84. The number of rotatable bonds is 3. The second-order valence-electron chi connectivity index (χ2n) is 5.92. The van der Waals surface area contributed by atoms with E-state index in [1.807, 2.05) is 0 Å². The predicted molar refractivity (Wildman–Crippen MR) is 74.4 cm³/mol. The van der Waals surface area contributed by atoms with E-state index in [2.05, 4.69) is 24.1 Å². The van der Waals surface area contributed by atoms with Crippen LogP contribution in [0.25, 0.3) is 0 Å². The van der Waals surface area contributed by atoms with Crippen molar-refractivity contribution in [3.8, 4) is 0 Å². The Morgan fingerprint density at radius 3 is 2.29 bits per heavy atom. The molecule has 0 amide bonds. The van der Waals surface area contributed by atoms with Crippen molar-refractivity contribution in [3.05, 3.63) is 0 Å². The Hall–Kier alpha value is -0.0800. The summed E-state index contributed by atoms with van der Waals surface area (Å²) in [5, 5.41) is 3.71. The van der Waals surface area contributed by atoms with E-state index in [1.54, 1.807) is 0 Å². The molecule has 0 bridgehead atoms. The topological polar surface area (TPSA) is 15.3 Å². The van der Waals surface area contributed by atoms with E-state index in [0.717, 1.165) is 18.1 Å². The van der Waals surface area contributed by atoms with Gasteiger partial charge >= 0.3 is 0 Å². The number of nitrogens with zero attached hydrogens (tertiary/aromatic N) is 1. The van der Waals surface area contributed by atoms with Gasteiger partial charge in [-0.05, 0) is 25.7 Å². The number of hydrogen-bond donors (Lipinski definition) is 1. The molecule has 1 aliphatic carbocycles. The summed E-state index contributed by atoms with van der Waals surface area (Å²) in [6.07, 6.45) is 11.3. The zero-order chi connectivity index (χ0) is 12.1. The van der Waals surface area contributed by atoms with Crippen molar-refractivity contribution < 1.29 is 0 Å². The van der Waals surface area contributed by atoms with Gasteiger partial charge in [-0.25, -0.2) is 0 Å². The highest BCUT2D eigenvalue weighted by atomic mass is 15.3. The summed E-state index contributed by atoms with van der Waals surface area (Å²) in [6.45, 7) is 7.17. The van der Waals surface area contributed by atoms with E-state index in [4.69, 9.17) is 0 Å². The zero-order valence-electron chi connectivity index (χ0n) is 11.8. The van der Waals surface area contributed by atoms with Crippen molar-refractivity contribution in [1.82, 2.24) is 10.2 Å². The zero-order valence-corrected chi connectivity index (χ0v) is 11.8. The molecule has 1 saturated carbocycles. The van der Waals surface area contributed by atoms with Gasteiger partial charge in [0.25, 0.3) is 0 Å². The van der Waals surface area contributed by atoms with Crippen LogP contribution in [-0.4, -0.2) is 36.1 Å². The molecule has 2 heteroatoms. The van der Waals surface area contributed by atoms with Crippen LogP contribution in [-0.2, 0) is 0 Å². The molecule has 1 heterocycles. The fraction of sp³-hybridized carbons (Fsp3) is 1.00. The maximum atomic E-state index is 3.71. The maximum Gasteiger partial charge on any atom is 0.0221 e. The van der Waals surface area contributed by atoms with Crippen LogP contribution in [0, 0.1) is 0 Å². The molecule has 0 spiro atoms. The van der Waals surface area contributed by atoms with Gasteiger partial charge in [0.2, 0.25) is 0 Å². The van der Waals surface area contributed by atoms with Gasteiger partial charge in [-0.2, -0.15) is 0 Å². The summed E-state index contributed by atoms with van der Waals surface area (Å²) in [7, 11) is 0. The van der Waals surface area contributed by atoms with Gasteiger partial charge in [-0.1, -0.05) is 39.5 Å². The Bertz CT molecular complexity index is 209. The minimum Gasteiger partial charge on any atom is -0.311 e. The van der Waals surface area contributed by atoms with Crippen LogP contribution in [0.5, 0.6) is 0 Å². The molecule has 1 aliphatic heterocycles. The Balaban J connectivity index is 1.97. The molecule has 0 aromatic rings. The van der Waals surface area contributed by atoms with Gasteiger partial charge < -0.3 is 5.32 Å². The highest BCUT2D eigenvalue weighted by Gasteiger charge is 2.31. The van der Waals surface area contributed by atoms with Crippen LogP contribution in [0.3, 0.4) is 0 Å². The summed E-state index contributed by atoms with van der Waals surface area (Å²) in [6, 6.07) is 2.42. The van der Waals surface area contributed by atoms with Crippen molar-refractivity contribution in [2.24, 2.45) is 0 Å². The van der Waals surface area contributed by atoms with Gasteiger partial charge in [0.15, 0.2) is 0 Å². The summed E-state index contributed by atoms with van der Waals surface area (Å²) < 4.78 is 0. The van der Waals surface area contributed by atoms with Crippen molar-refractivity contribution in [3.63, 3.8) is 0 Å². The minimum atomic E-state index is 0.737. The molecular formula is C15H30N2. The lowest BCUT2D eigenvalue weighted by atomic mass is 9.98. The lowest BCUT2D eigenvalue weighted by Crippen LogP contribution is -2.59. The molecule has 100 valence electrons. The quantitative estimate of drug-likeness (QED) is 0.760. The Morgan fingerprint density at radius 2 is 1.71 bits per heavy atom. The lowest BCUT2D eigenvalue weighted by molar-refractivity contribution is 0.0697. The summed E-state index contributed by atoms with van der Waals surface area (Å²) in [4.78, 5) is 2.86. The normalized spacial score (nSPS) is 33.5. The highest BCUT2D eigenvalue weighted by Crippen LogP contribution is 2.26. The molecule has 0 aromatic carbocycles. The average Bonchev–Trinajstić information content (AvgIpc) is 2.66. The van der Waals surface area contributed by atoms with E-state index in [-0.39, 0.29) is 0 Å². The Kier molecular flexibility index (Phi) is 5.30. The molecule has 2 aliphatic rings. The Morgan fingerprint density at radius 1 is 1.00 bits per heavy atom. The Labute approximate surface area is 107 Å². The van der Waals surface area contributed by atoms with Crippen LogP contribution in [0.15, 0.2) is 0 Å². The molecular weight excluding hydrogens is 208 g/mol. The monoisotopic (exact) mass is 238 g/mol. The summed E-state index contributed by atoms with van der Waals surface area (Å²) in [5.74, 6) is 0. The smallest absolute Gasteiger partial charge is 0.0221 e. The minimum absolute atomic E-state index is 0.737. The van der Waals surface area contributed by atoms with Crippen LogP contribution in [0.1, 0.15) is 65.2 Å². The fourth-order valence-electron chi connectivity index (χ4n) is 3.58. The van der Waals surface area contributed by atoms with Crippen LogP contribution >= 0.6 is 0 Å². The first-order chi connectivity index (χ1) is 8.35. The van der Waals surface area contributed by atoms with Gasteiger partial charge in [0, 0.05) is 31.2 Å². The van der Waals surface area contributed by atoms with Crippen molar-refractivity contribution >= 4 is 0 Å². The van der Waals surface area contributed by atoms with E-state index in [9.17, 15) is 0 Å². The van der Waals surface area contributed by atoms with E-state index >= 15 is 0 Å². The second kappa shape index (κ2) is 6.75.